The largest absolute Gasteiger partial charge is 0.353 e. The van der Waals surface area contributed by atoms with E-state index < -0.39 is 0 Å². The van der Waals surface area contributed by atoms with Crippen molar-refractivity contribution in [3.05, 3.63) is 23.4 Å². The molecule has 3 heterocycles. The van der Waals surface area contributed by atoms with Gasteiger partial charge in [0.25, 0.3) is 0 Å². The Balaban J connectivity index is 1.71. The lowest BCUT2D eigenvalue weighted by Crippen LogP contribution is -2.47. The molecule has 3 rings (SSSR count). The summed E-state index contributed by atoms with van der Waals surface area (Å²) in [6.45, 7) is 9.64. The van der Waals surface area contributed by atoms with E-state index in [1.807, 2.05) is 32.4 Å². The van der Waals surface area contributed by atoms with E-state index in [-0.39, 0.29) is 0 Å². The topological polar surface area (TPSA) is 63.0 Å². The minimum absolute atomic E-state index is 0.830. The van der Waals surface area contributed by atoms with Gasteiger partial charge in [0.1, 0.15) is 17.5 Å². The Hall–Kier alpha value is -2.18. The van der Waals surface area contributed by atoms with Gasteiger partial charge in [-0.3, -0.25) is 0 Å². The number of nitrogens with zero attached hydrogens (tertiary/aromatic N) is 7. The van der Waals surface area contributed by atoms with Crippen LogP contribution in [-0.4, -0.2) is 50.9 Å². The third-order valence-electron chi connectivity index (χ3n) is 3.91. The fourth-order valence-corrected chi connectivity index (χ4v) is 2.67. The number of hydrogen-bond donors (Lipinski definition) is 0. The van der Waals surface area contributed by atoms with Crippen molar-refractivity contribution in [2.24, 2.45) is 7.05 Å². The lowest BCUT2D eigenvalue weighted by Gasteiger charge is -2.35. The molecule has 1 saturated heterocycles. The molecule has 0 aliphatic carbocycles. The molecule has 7 heteroatoms. The monoisotopic (exact) mass is 287 g/mol. The molecule has 0 spiro atoms. The highest BCUT2D eigenvalue weighted by molar-refractivity contribution is 5.43. The van der Waals surface area contributed by atoms with Crippen LogP contribution in [0.2, 0.25) is 0 Å². The molecular formula is C14H21N7. The second kappa shape index (κ2) is 5.31. The van der Waals surface area contributed by atoms with E-state index in [0.717, 1.165) is 55.3 Å². The first-order chi connectivity index (χ1) is 10.0. The van der Waals surface area contributed by atoms with Crippen molar-refractivity contribution in [3.8, 4) is 0 Å². The van der Waals surface area contributed by atoms with Gasteiger partial charge in [-0.1, -0.05) is 0 Å². The van der Waals surface area contributed by atoms with Crippen LogP contribution >= 0.6 is 0 Å². The van der Waals surface area contributed by atoms with Crippen molar-refractivity contribution in [2.45, 2.75) is 20.8 Å². The number of anilines is 2. The normalized spacial score (nSPS) is 15.6. The molecule has 0 N–H and O–H groups in total. The lowest BCUT2D eigenvalue weighted by molar-refractivity contribution is 0.622. The Kier molecular flexibility index (Phi) is 3.48. The number of aryl methyl sites for hydroxylation is 3. The molecule has 1 aliphatic rings. The van der Waals surface area contributed by atoms with Crippen LogP contribution in [0, 0.1) is 20.8 Å². The molecule has 0 unspecified atom stereocenters. The second-order valence-electron chi connectivity index (χ2n) is 5.50. The third kappa shape index (κ3) is 2.68. The molecule has 0 saturated carbocycles. The van der Waals surface area contributed by atoms with Crippen LogP contribution in [0.3, 0.4) is 0 Å². The molecule has 2 aromatic rings. The summed E-state index contributed by atoms with van der Waals surface area (Å²) in [7, 11) is 2.01. The molecule has 7 nitrogen and oxygen atoms in total. The van der Waals surface area contributed by atoms with Crippen LogP contribution in [0.1, 0.15) is 17.3 Å². The summed E-state index contributed by atoms with van der Waals surface area (Å²) < 4.78 is 2.04. The molecule has 0 aromatic carbocycles. The summed E-state index contributed by atoms with van der Waals surface area (Å²) >= 11 is 0. The highest BCUT2D eigenvalue weighted by Gasteiger charge is 2.22. The Bertz CT molecular complexity index is 621. The van der Waals surface area contributed by atoms with Crippen molar-refractivity contribution < 1.29 is 0 Å². The molecule has 1 fully saturated rings. The van der Waals surface area contributed by atoms with Gasteiger partial charge in [-0.05, 0) is 20.8 Å². The van der Waals surface area contributed by atoms with Crippen molar-refractivity contribution >= 4 is 11.8 Å². The Labute approximate surface area is 124 Å². The first kappa shape index (κ1) is 13.8. The number of hydrogen-bond acceptors (Lipinski definition) is 6. The van der Waals surface area contributed by atoms with E-state index in [1.54, 1.807) is 0 Å². The van der Waals surface area contributed by atoms with E-state index in [2.05, 4.69) is 36.0 Å². The van der Waals surface area contributed by atoms with Gasteiger partial charge in [0.05, 0.1) is 0 Å². The van der Waals surface area contributed by atoms with Crippen LogP contribution in [0.25, 0.3) is 0 Å². The fraction of sp³-hybridized carbons (Fsp3) is 0.571. The zero-order valence-electron chi connectivity index (χ0n) is 13.0. The standard InChI is InChI=1S/C14H21N7/c1-10-9-13(16-11(2)15-10)20-5-7-21(8-6-20)14-18-17-12(3)19(14)4/h9H,5-8H2,1-4H3. The average molecular weight is 287 g/mol. The van der Waals surface area contributed by atoms with E-state index in [9.17, 15) is 0 Å². The summed E-state index contributed by atoms with van der Waals surface area (Å²) in [5.41, 5.74) is 1.02. The highest BCUT2D eigenvalue weighted by Crippen LogP contribution is 2.18. The molecule has 0 atom stereocenters. The van der Waals surface area contributed by atoms with Crippen LogP contribution in [-0.2, 0) is 7.05 Å². The van der Waals surface area contributed by atoms with Crippen molar-refractivity contribution in [1.82, 2.24) is 24.7 Å². The summed E-state index contributed by atoms with van der Waals surface area (Å²) in [4.78, 5) is 13.5. The van der Waals surface area contributed by atoms with E-state index in [4.69, 9.17) is 0 Å². The smallest absolute Gasteiger partial charge is 0.227 e. The molecule has 21 heavy (non-hydrogen) atoms. The lowest BCUT2D eigenvalue weighted by atomic mass is 10.3. The zero-order valence-corrected chi connectivity index (χ0v) is 13.0. The van der Waals surface area contributed by atoms with Crippen LogP contribution < -0.4 is 9.80 Å². The molecule has 1 aliphatic heterocycles. The van der Waals surface area contributed by atoms with Gasteiger partial charge in [-0.25, -0.2) is 9.97 Å². The van der Waals surface area contributed by atoms with Gasteiger partial charge in [-0.2, -0.15) is 0 Å². The summed E-state index contributed by atoms with van der Waals surface area (Å²) in [5.74, 6) is 3.74. The van der Waals surface area contributed by atoms with Gasteiger partial charge < -0.3 is 14.4 Å². The second-order valence-corrected chi connectivity index (χ2v) is 5.50. The Morgan fingerprint density at radius 2 is 1.57 bits per heavy atom. The third-order valence-corrected chi connectivity index (χ3v) is 3.91. The van der Waals surface area contributed by atoms with Crippen LogP contribution in [0.4, 0.5) is 11.8 Å². The first-order valence-corrected chi connectivity index (χ1v) is 7.23. The van der Waals surface area contributed by atoms with Gasteiger partial charge in [-0.15, -0.1) is 10.2 Å². The van der Waals surface area contributed by atoms with Gasteiger partial charge in [0.2, 0.25) is 5.95 Å². The zero-order chi connectivity index (χ0) is 15.0. The number of rotatable bonds is 2. The van der Waals surface area contributed by atoms with Gasteiger partial charge >= 0.3 is 0 Å². The number of piperazine rings is 1. The Morgan fingerprint density at radius 1 is 0.905 bits per heavy atom. The quantitative estimate of drug-likeness (QED) is 0.816. The van der Waals surface area contributed by atoms with Crippen molar-refractivity contribution in [3.63, 3.8) is 0 Å². The van der Waals surface area contributed by atoms with Crippen molar-refractivity contribution in [2.75, 3.05) is 36.0 Å². The molecule has 0 radical (unpaired) electrons. The van der Waals surface area contributed by atoms with Crippen molar-refractivity contribution in [1.29, 1.82) is 0 Å². The van der Waals surface area contributed by atoms with E-state index in [1.165, 1.54) is 0 Å². The molecule has 0 amide bonds. The summed E-state index contributed by atoms with van der Waals surface area (Å²) in [6.07, 6.45) is 0. The highest BCUT2D eigenvalue weighted by atomic mass is 15.4. The maximum Gasteiger partial charge on any atom is 0.227 e. The minimum atomic E-state index is 0.830. The summed E-state index contributed by atoms with van der Waals surface area (Å²) in [6, 6.07) is 2.05. The van der Waals surface area contributed by atoms with Gasteiger partial charge in [0.15, 0.2) is 0 Å². The molecular weight excluding hydrogens is 266 g/mol. The predicted octanol–water partition coefficient (Wildman–Crippen LogP) is 0.857. The maximum absolute atomic E-state index is 4.54. The number of aromatic nitrogens is 5. The molecule has 2 aromatic heterocycles. The Morgan fingerprint density at radius 3 is 2.14 bits per heavy atom. The van der Waals surface area contributed by atoms with Crippen LogP contribution in [0.15, 0.2) is 6.07 Å². The molecule has 0 bridgehead atoms. The minimum Gasteiger partial charge on any atom is -0.353 e. The average Bonchev–Trinajstić information content (AvgIpc) is 2.78. The maximum atomic E-state index is 4.54. The first-order valence-electron chi connectivity index (χ1n) is 7.23. The van der Waals surface area contributed by atoms with E-state index in [0.29, 0.717) is 0 Å². The van der Waals surface area contributed by atoms with E-state index >= 15 is 0 Å². The van der Waals surface area contributed by atoms with Crippen LogP contribution in [0.5, 0.6) is 0 Å². The fourth-order valence-electron chi connectivity index (χ4n) is 2.67. The SMILES string of the molecule is Cc1cc(N2CCN(c3nnc(C)n3C)CC2)nc(C)n1. The van der Waals surface area contributed by atoms with Gasteiger partial charge in [0, 0.05) is 45.0 Å². The summed E-state index contributed by atoms with van der Waals surface area (Å²) in [5, 5.41) is 8.39. The molecule has 112 valence electrons. The predicted molar refractivity (Wildman–Crippen MR) is 81.7 cm³/mol.